The first-order chi connectivity index (χ1) is 8.65. The van der Waals surface area contributed by atoms with E-state index in [0.717, 1.165) is 11.7 Å². The van der Waals surface area contributed by atoms with E-state index < -0.39 is 5.97 Å². The number of aromatic carboxylic acids is 1. The summed E-state index contributed by atoms with van der Waals surface area (Å²) in [5.41, 5.74) is 2.32. The molecule has 2 aromatic heterocycles. The van der Waals surface area contributed by atoms with Crippen molar-refractivity contribution in [3.8, 4) is 11.3 Å². The molecule has 0 saturated heterocycles. The quantitative estimate of drug-likeness (QED) is 0.761. The third-order valence-corrected chi connectivity index (χ3v) is 2.99. The minimum Gasteiger partial charge on any atom is -0.476 e. The largest absolute Gasteiger partial charge is 0.476 e. The van der Waals surface area contributed by atoms with E-state index in [0.29, 0.717) is 28.2 Å². The highest BCUT2D eigenvalue weighted by Crippen LogP contribution is 2.26. The van der Waals surface area contributed by atoms with Gasteiger partial charge in [-0.1, -0.05) is 0 Å². The van der Waals surface area contributed by atoms with Crippen LogP contribution in [0.3, 0.4) is 0 Å². The normalized spacial score (nSPS) is 10.9. The van der Waals surface area contributed by atoms with Gasteiger partial charge < -0.3 is 9.52 Å². The summed E-state index contributed by atoms with van der Waals surface area (Å²) in [5, 5.41) is 9.00. The number of aromatic nitrogens is 3. The number of oxazole rings is 1. The number of carbonyl (C=O) groups is 1. The average Bonchev–Trinajstić information content (AvgIpc) is 2.91. The van der Waals surface area contributed by atoms with Crippen molar-refractivity contribution in [2.45, 2.75) is 6.92 Å². The minimum absolute atomic E-state index is 0.0421. The van der Waals surface area contributed by atoms with Crippen LogP contribution in [0.25, 0.3) is 22.4 Å². The highest BCUT2D eigenvalue weighted by Gasteiger charge is 2.17. The number of hydrogen-bond donors (Lipinski definition) is 1. The lowest BCUT2D eigenvalue weighted by molar-refractivity contribution is 0.0692. The number of benzene rings is 1. The Balaban J connectivity index is 2.18. The molecule has 0 saturated carbocycles. The molecule has 0 aliphatic carbocycles. The lowest BCUT2D eigenvalue weighted by atomic mass is 10.1. The highest BCUT2D eigenvalue weighted by molar-refractivity contribution is 6.99. The molecule has 90 valence electrons. The topological polar surface area (TPSA) is 89.1 Å². The first-order valence-electron chi connectivity index (χ1n) is 5.08. The second-order valence-corrected chi connectivity index (χ2v) is 4.21. The maximum atomic E-state index is 11.0. The molecule has 3 rings (SSSR count). The van der Waals surface area contributed by atoms with Gasteiger partial charge in [-0.15, -0.1) is 0 Å². The number of carboxylic acid groups (broad SMARTS) is 1. The van der Waals surface area contributed by atoms with Crippen LogP contribution in [0.1, 0.15) is 16.4 Å². The van der Waals surface area contributed by atoms with Crippen LogP contribution < -0.4 is 0 Å². The van der Waals surface area contributed by atoms with Gasteiger partial charge in [-0.2, -0.15) is 8.75 Å². The Morgan fingerprint density at radius 3 is 3.00 bits per heavy atom. The molecule has 3 aromatic rings. The first kappa shape index (κ1) is 10.8. The van der Waals surface area contributed by atoms with Crippen LogP contribution in [0, 0.1) is 6.92 Å². The molecule has 0 spiro atoms. The van der Waals surface area contributed by atoms with Crippen LogP contribution in [0.4, 0.5) is 0 Å². The molecule has 0 amide bonds. The zero-order valence-corrected chi connectivity index (χ0v) is 10.1. The summed E-state index contributed by atoms with van der Waals surface area (Å²) >= 11 is 0.875. The van der Waals surface area contributed by atoms with Crippen molar-refractivity contribution in [1.29, 1.82) is 0 Å². The van der Waals surface area contributed by atoms with Gasteiger partial charge in [0, 0.05) is 12.5 Å². The van der Waals surface area contributed by atoms with Gasteiger partial charge in [0.05, 0.1) is 11.7 Å². The number of aryl methyl sites for hydroxylation is 1. The van der Waals surface area contributed by atoms with E-state index in [9.17, 15) is 4.79 Å². The van der Waals surface area contributed by atoms with Crippen molar-refractivity contribution >= 4 is 28.8 Å². The van der Waals surface area contributed by atoms with Gasteiger partial charge in [0.25, 0.3) is 0 Å². The predicted octanol–water partition coefficient (Wildman–Crippen LogP) is 2.35. The molecule has 6 nitrogen and oxygen atoms in total. The Morgan fingerprint density at radius 2 is 2.22 bits per heavy atom. The molecule has 2 heterocycles. The molecule has 0 radical (unpaired) electrons. The molecule has 7 heteroatoms. The second kappa shape index (κ2) is 3.88. The maximum absolute atomic E-state index is 11.0. The molecular weight excluding hydrogens is 254 g/mol. The van der Waals surface area contributed by atoms with Crippen LogP contribution in [-0.2, 0) is 0 Å². The number of fused-ring (bicyclic) bond motifs is 1. The van der Waals surface area contributed by atoms with Crippen molar-refractivity contribution in [1.82, 2.24) is 13.7 Å². The smallest absolute Gasteiger partial charge is 0.357 e. The zero-order chi connectivity index (χ0) is 12.7. The van der Waals surface area contributed by atoms with E-state index in [-0.39, 0.29) is 5.69 Å². The van der Waals surface area contributed by atoms with Crippen LogP contribution >= 0.6 is 11.7 Å². The van der Waals surface area contributed by atoms with Gasteiger partial charge in [0.15, 0.2) is 17.2 Å². The van der Waals surface area contributed by atoms with Gasteiger partial charge in [-0.25, -0.2) is 9.78 Å². The van der Waals surface area contributed by atoms with Gasteiger partial charge in [0.1, 0.15) is 11.2 Å². The van der Waals surface area contributed by atoms with Crippen molar-refractivity contribution in [2.75, 3.05) is 0 Å². The molecule has 1 N–H and O–H groups in total. The Kier molecular flexibility index (Phi) is 2.34. The Labute approximate surface area is 105 Å². The van der Waals surface area contributed by atoms with Gasteiger partial charge in [0.2, 0.25) is 0 Å². The summed E-state index contributed by atoms with van der Waals surface area (Å²) in [6, 6.07) is 5.24. The molecule has 1 aromatic carbocycles. The van der Waals surface area contributed by atoms with Crippen LogP contribution in [-0.4, -0.2) is 24.8 Å². The summed E-state index contributed by atoms with van der Waals surface area (Å²) in [6.45, 7) is 1.76. The summed E-state index contributed by atoms with van der Waals surface area (Å²) < 4.78 is 13.1. The lowest BCUT2D eigenvalue weighted by Crippen LogP contribution is -1.98. The Morgan fingerprint density at radius 1 is 1.39 bits per heavy atom. The molecule has 0 aliphatic heterocycles. The maximum Gasteiger partial charge on any atom is 0.357 e. The second-order valence-electron chi connectivity index (χ2n) is 3.68. The first-order valence-corrected chi connectivity index (χ1v) is 5.81. The van der Waals surface area contributed by atoms with E-state index in [2.05, 4.69) is 13.7 Å². The summed E-state index contributed by atoms with van der Waals surface area (Å²) in [7, 11) is 0. The van der Waals surface area contributed by atoms with E-state index in [4.69, 9.17) is 9.52 Å². The third-order valence-electron chi connectivity index (χ3n) is 2.46. The number of hydrogen-bond acceptors (Lipinski definition) is 6. The van der Waals surface area contributed by atoms with Crippen LogP contribution in [0.5, 0.6) is 0 Å². The van der Waals surface area contributed by atoms with Crippen molar-refractivity contribution < 1.29 is 14.3 Å². The van der Waals surface area contributed by atoms with Gasteiger partial charge >= 0.3 is 5.97 Å². The molecule has 0 aliphatic rings. The van der Waals surface area contributed by atoms with E-state index in [1.807, 2.05) is 0 Å². The van der Waals surface area contributed by atoms with Crippen LogP contribution in [0.2, 0.25) is 0 Å². The van der Waals surface area contributed by atoms with Crippen LogP contribution in [0.15, 0.2) is 22.6 Å². The fourth-order valence-corrected chi connectivity index (χ4v) is 2.27. The number of rotatable bonds is 2. The SMILES string of the molecule is Cc1nc2cc(-c3nsnc3C(=O)O)ccc2o1. The Hall–Kier alpha value is -2.28. The van der Waals surface area contributed by atoms with Gasteiger partial charge in [-0.05, 0) is 18.2 Å². The summed E-state index contributed by atoms with van der Waals surface area (Å²) in [6.07, 6.45) is 0. The average molecular weight is 261 g/mol. The number of nitrogens with zero attached hydrogens (tertiary/aromatic N) is 3. The zero-order valence-electron chi connectivity index (χ0n) is 9.25. The van der Waals surface area contributed by atoms with Crippen molar-refractivity contribution in [3.63, 3.8) is 0 Å². The molecule has 18 heavy (non-hydrogen) atoms. The molecule has 0 fully saturated rings. The summed E-state index contributed by atoms with van der Waals surface area (Å²) in [4.78, 5) is 15.2. The molecule has 0 bridgehead atoms. The van der Waals surface area contributed by atoms with Gasteiger partial charge in [-0.3, -0.25) is 0 Å². The Bertz CT molecular complexity index is 747. The predicted molar refractivity (Wildman–Crippen MR) is 64.6 cm³/mol. The van der Waals surface area contributed by atoms with E-state index in [1.165, 1.54) is 0 Å². The number of carboxylic acids is 1. The minimum atomic E-state index is -1.09. The van der Waals surface area contributed by atoms with Crippen molar-refractivity contribution in [3.05, 3.63) is 29.8 Å². The third kappa shape index (κ3) is 1.65. The summed E-state index contributed by atoms with van der Waals surface area (Å²) in [5.74, 6) is -0.521. The molecule has 0 unspecified atom stereocenters. The van der Waals surface area contributed by atoms with Crippen molar-refractivity contribution in [2.24, 2.45) is 0 Å². The van der Waals surface area contributed by atoms with E-state index >= 15 is 0 Å². The van der Waals surface area contributed by atoms with E-state index in [1.54, 1.807) is 25.1 Å². The fourth-order valence-electron chi connectivity index (χ4n) is 1.71. The monoisotopic (exact) mass is 261 g/mol. The fraction of sp³-hybridized carbons (Fsp3) is 0.0909. The highest BCUT2D eigenvalue weighted by atomic mass is 32.1. The lowest BCUT2D eigenvalue weighted by Gasteiger charge is -1.97. The molecular formula is C11H7N3O3S. The molecule has 0 atom stereocenters. The standard InChI is InChI=1S/C11H7N3O3S/c1-5-12-7-4-6(2-3-8(7)17-5)9-10(11(15)16)14-18-13-9/h2-4H,1H3,(H,15,16).